The van der Waals surface area contributed by atoms with Crippen LogP contribution in [0.5, 0.6) is 0 Å². The van der Waals surface area contributed by atoms with Crippen molar-refractivity contribution < 1.29 is 19.4 Å². The lowest BCUT2D eigenvalue weighted by Gasteiger charge is -2.15. The highest BCUT2D eigenvalue weighted by Gasteiger charge is 2.31. The van der Waals surface area contributed by atoms with E-state index in [-0.39, 0.29) is 5.56 Å². The number of esters is 1. The van der Waals surface area contributed by atoms with Crippen LogP contribution in [0, 0.1) is 0 Å². The van der Waals surface area contributed by atoms with E-state index < -0.39 is 18.2 Å². The summed E-state index contributed by atoms with van der Waals surface area (Å²) in [5, 5.41) is 12.1. The Bertz CT molecular complexity index is 696. The quantitative estimate of drug-likeness (QED) is 0.838. The summed E-state index contributed by atoms with van der Waals surface area (Å²) in [4.78, 5) is 22.9. The van der Waals surface area contributed by atoms with E-state index in [1.54, 1.807) is 42.5 Å². The molecule has 0 amide bonds. The van der Waals surface area contributed by atoms with E-state index in [0.29, 0.717) is 16.8 Å². The topological polar surface area (TPSA) is 75.6 Å². The summed E-state index contributed by atoms with van der Waals surface area (Å²) in [6.45, 7) is 0. The first-order valence-corrected chi connectivity index (χ1v) is 6.05. The zero-order valence-electron chi connectivity index (χ0n) is 10.4. The van der Waals surface area contributed by atoms with Crippen molar-refractivity contribution in [1.82, 2.24) is 0 Å². The van der Waals surface area contributed by atoms with Crippen molar-refractivity contribution in [3.8, 4) is 0 Å². The molecule has 3 rings (SSSR count). The number of fused-ring (bicyclic) bond motifs is 1. The largest absolute Gasteiger partial charge is 0.478 e. The van der Waals surface area contributed by atoms with Crippen molar-refractivity contribution in [2.45, 2.75) is 6.23 Å². The molecule has 0 aliphatic carbocycles. The van der Waals surface area contributed by atoms with Crippen molar-refractivity contribution in [3.63, 3.8) is 0 Å². The van der Waals surface area contributed by atoms with Crippen LogP contribution in [0.1, 0.15) is 32.5 Å². The van der Waals surface area contributed by atoms with E-state index in [9.17, 15) is 9.59 Å². The van der Waals surface area contributed by atoms with Crippen molar-refractivity contribution >= 4 is 17.6 Å². The van der Waals surface area contributed by atoms with E-state index >= 15 is 0 Å². The van der Waals surface area contributed by atoms with E-state index in [4.69, 9.17) is 9.84 Å². The van der Waals surface area contributed by atoms with Crippen LogP contribution < -0.4 is 5.32 Å². The molecule has 1 heterocycles. The Morgan fingerprint density at radius 1 is 1.10 bits per heavy atom. The summed E-state index contributed by atoms with van der Waals surface area (Å²) < 4.78 is 5.23. The molecule has 5 heteroatoms. The molecule has 1 aliphatic rings. The van der Waals surface area contributed by atoms with Gasteiger partial charge in [0.1, 0.15) is 0 Å². The molecule has 1 atom stereocenters. The number of ether oxygens (including phenoxy) is 1. The van der Waals surface area contributed by atoms with Gasteiger partial charge in [0, 0.05) is 5.56 Å². The van der Waals surface area contributed by atoms with Gasteiger partial charge in [-0.15, -0.1) is 0 Å². The van der Waals surface area contributed by atoms with Gasteiger partial charge in [-0.1, -0.05) is 30.3 Å². The smallest absolute Gasteiger partial charge is 0.340 e. The highest BCUT2D eigenvalue weighted by Crippen LogP contribution is 2.32. The summed E-state index contributed by atoms with van der Waals surface area (Å²) in [5.74, 6) is -1.45. The SMILES string of the molecule is O=C(O)c1ccccc1NC1OC(=O)c2ccccc21. The average Bonchev–Trinajstić information content (AvgIpc) is 2.76. The lowest BCUT2D eigenvalue weighted by molar-refractivity contribution is 0.0437. The van der Waals surface area contributed by atoms with Gasteiger partial charge in [-0.05, 0) is 18.2 Å². The first kappa shape index (κ1) is 12.2. The maximum Gasteiger partial charge on any atom is 0.340 e. The number of aromatic carboxylic acids is 1. The van der Waals surface area contributed by atoms with Crippen LogP contribution in [0.4, 0.5) is 5.69 Å². The maximum atomic E-state index is 11.7. The molecular formula is C15H11NO4. The fraction of sp³-hybridized carbons (Fsp3) is 0.0667. The number of nitrogens with one attached hydrogen (secondary N) is 1. The van der Waals surface area contributed by atoms with Crippen molar-refractivity contribution in [2.75, 3.05) is 5.32 Å². The second-order valence-corrected chi connectivity index (χ2v) is 4.37. The zero-order chi connectivity index (χ0) is 14.1. The average molecular weight is 269 g/mol. The minimum absolute atomic E-state index is 0.132. The Morgan fingerprint density at radius 3 is 2.60 bits per heavy atom. The Balaban J connectivity index is 1.94. The monoisotopic (exact) mass is 269 g/mol. The van der Waals surface area contributed by atoms with Crippen LogP contribution >= 0.6 is 0 Å². The minimum atomic E-state index is -1.04. The molecule has 1 unspecified atom stereocenters. The first-order chi connectivity index (χ1) is 9.66. The number of hydrogen-bond acceptors (Lipinski definition) is 4. The van der Waals surface area contributed by atoms with Crippen LogP contribution in [-0.2, 0) is 4.74 Å². The number of benzene rings is 2. The van der Waals surface area contributed by atoms with Crippen LogP contribution in [0.15, 0.2) is 48.5 Å². The number of carbonyl (C=O) groups excluding carboxylic acids is 1. The molecule has 2 aromatic carbocycles. The normalized spacial score (nSPS) is 16.4. The summed E-state index contributed by atoms with van der Waals surface area (Å²) in [7, 11) is 0. The molecule has 100 valence electrons. The molecule has 0 radical (unpaired) electrons. The van der Waals surface area contributed by atoms with Gasteiger partial charge in [0.05, 0.1) is 16.8 Å². The number of para-hydroxylation sites is 1. The van der Waals surface area contributed by atoms with Crippen LogP contribution in [0.25, 0.3) is 0 Å². The molecular weight excluding hydrogens is 258 g/mol. The lowest BCUT2D eigenvalue weighted by atomic mass is 10.1. The van der Waals surface area contributed by atoms with Crippen molar-refractivity contribution in [2.24, 2.45) is 0 Å². The van der Waals surface area contributed by atoms with Crippen molar-refractivity contribution in [3.05, 3.63) is 65.2 Å². The van der Waals surface area contributed by atoms with Gasteiger partial charge in [-0.3, -0.25) is 0 Å². The number of carboxylic acid groups (broad SMARTS) is 1. The molecule has 1 aliphatic heterocycles. The first-order valence-electron chi connectivity index (χ1n) is 6.05. The Kier molecular flexibility index (Phi) is 2.87. The third-order valence-electron chi connectivity index (χ3n) is 3.13. The number of anilines is 1. The summed E-state index contributed by atoms with van der Waals surface area (Å²) >= 11 is 0. The van der Waals surface area contributed by atoms with Gasteiger partial charge in [0.2, 0.25) is 6.23 Å². The number of carbonyl (C=O) groups is 2. The van der Waals surface area contributed by atoms with Crippen LogP contribution in [0.2, 0.25) is 0 Å². The zero-order valence-corrected chi connectivity index (χ0v) is 10.4. The fourth-order valence-corrected chi connectivity index (χ4v) is 2.19. The standard InChI is InChI=1S/C15H11NO4/c17-14(18)11-7-3-4-8-12(11)16-13-9-5-1-2-6-10(9)15(19)20-13/h1-8,13,16H,(H,17,18). The molecule has 0 bridgehead atoms. The third-order valence-corrected chi connectivity index (χ3v) is 3.13. The summed E-state index contributed by atoms with van der Waals surface area (Å²) in [5.41, 5.74) is 1.75. The number of hydrogen-bond donors (Lipinski definition) is 2. The molecule has 0 spiro atoms. The molecule has 0 saturated heterocycles. The number of cyclic esters (lactones) is 1. The fourth-order valence-electron chi connectivity index (χ4n) is 2.19. The number of carboxylic acids is 1. The molecule has 2 aromatic rings. The van der Waals surface area contributed by atoms with Gasteiger partial charge in [0.15, 0.2) is 0 Å². The molecule has 2 N–H and O–H groups in total. The van der Waals surface area contributed by atoms with Gasteiger partial charge >= 0.3 is 11.9 Å². The summed E-state index contributed by atoms with van der Waals surface area (Å²) in [6.07, 6.45) is -0.667. The predicted molar refractivity (Wildman–Crippen MR) is 71.6 cm³/mol. The Hall–Kier alpha value is -2.82. The molecule has 0 aromatic heterocycles. The molecule has 5 nitrogen and oxygen atoms in total. The molecule has 20 heavy (non-hydrogen) atoms. The van der Waals surface area contributed by atoms with E-state index in [1.165, 1.54) is 6.07 Å². The lowest BCUT2D eigenvalue weighted by Crippen LogP contribution is -2.13. The van der Waals surface area contributed by atoms with E-state index in [0.717, 1.165) is 0 Å². The van der Waals surface area contributed by atoms with E-state index in [1.807, 2.05) is 0 Å². The predicted octanol–water partition coefficient (Wildman–Crippen LogP) is 2.67. The number of rotatable bonds is 3. The molecule has 0 saturated carbocycles. The Labute approximate surface area is 114 Å². The maximum absolute atomic E-state index is 11.7. The second-order valence-electron chi connectivity index (χ2n) is 4.37. The highest BCUT2D eigenvalue weighted by atomic mass is 16.6. The Morgan fingerprint density at radius 2 is 1.80 bits per heavy atom. The van der Waals surface area contributed by atoms with Crippen LogP contribution in [-0.4, -0.2) is 17.0 Å². The van der Waals surface area contributed by atoms with Crippen molar-refractivity contribution in [1.29, 1.82) is 0 Å². The minimum Gasteiger partial charge on any atom is -0.478 e. The second kappa shape index (κ2) is 4.70. The van der Waals surface area contributed by atoms with Gasteiger partial charge < -0.3 is 15.2 Å². The van der Waals surface area contributed by atoms with Gasteiger partial charge in [-0.25, -0.2) is 9.59 Å². The molecule has 0 fully saturated rings. The van der Waals surface area contributed by atoms with Gasteiger partial charge in [-0.2, -0.15) is 0 Å². The highest BCUT2D eigenvalue weighted by molar-refractivity contribution is 5.96. The third kappa shape index (κ3) is 1.99. The van der Waals surface area contributed by atoms with E-state index in [2.05, 4.69) is 5.32 Å². The van der Waals surface area contributed by atoms with Crippen LogP contribution in [0.3, 0.4) is 0 Å². The summed E-state index contributed by atoms with van der Waals surface area (Å²) in [6, 6.07) is 13.5. The van der Waals surface area contributed by atoms with Gasteiger partial charge in [0.25, 0.3) is 0 Å².